The molecule has 0 saturated carbocycles. The highest BCUT2D eigenvalue weighted by Crippen LogP contribution is 1.98. The van der Waals surface area contributed by atoms with Crippen LogP contribution in [-0.2, 0) is 0 Å². The zero-order valence-electron chi connectivity index (χ0n) is 5.88. The average molecular weight is 125 g/mol. The number of rotatable bonds is 3. The summed E-state index contributed by atoms with van der Waals surface area (Å²) >= 11 is 0. The van der Waals surface area contributed by atoms with Crippen molar-refractivity contribution in [2.24, 2.45) is 0 Å². The van der Waals surface area contributed by atoms with Crippen molar-refractivity contribution in [1.82, 2.24) is 10.2 Å². The Kier molecular flexibility index (Phi) is 2.43. The lowest BCUT2D eigenvalue weighted by Gasteiger charge is -2.11. The van der Waals surface area contributed by atoms with Crippen LogP contribution in [0.25, 0.3) is 0 Å². The minimum absolute atomic E-state index is 0.875. The molecule has 0 aliphatic carbocycles. The summed E-state index contributed by atoms with van der Waals surface area (Å²) in [6.45, 7) is 4.24. The molecule has 51 valence electrons. The van der Waals surface area contributed by atoms with E-state index in [9.17, 15) is 0 Å². The van der Waals surface area contributed by atoms with Gasteiger partial charge in [-0.2, -0.15) is 0 Å². The molecule has 0 bridgehead atoms. The summed E-state index contributed by atoms with van der Waals surface area (Å²) in [6, 6.07) is 0. The molecule has 0 aromatic rings. The number of unbranched alkanes of at least 4 members (excludes halogenated alkanes) is 1. The van der Waals surface area contributed by atoms with Crippen molar-refractivity contribution in [1.29, 1.82) is 0 Å². The molecule has 0 spiro atoms. The van der Waals surface area contributed by atoms with Crippen LogP contribution >= 0.6 is 0 Å². The third-order valence-electron chi connectivity index (χ3n) is 1.45. The Balaban J connectivity index is 2.05. The Hall–Kier alpha value is -0.660. The molecular formula is C7H13N2. The topological polar surface area (TPSA) is 17.3 Å². The van der Waals surface area contributed by atoms with E-state index in [-0.39, 0.29) is 0 Å². The second-order valence-corrected chi connectivity index (χ2v) is 2.29. The van der Waals surface area contributed by atoms with Crippen LogP contribution in [0, 0.1) is 0 Å². The zero-order valence-corrected chi connectivity index (χ0v) is 5.88. The Morgan fingerprint density at radius 2 is 2.56 bits per heavy atom. The lowest BCUT2D eigenvalue weighted by atomic mass is 10.3. The van der Waals surface area contributed by atoms with Gasteiger partial charge in [0, 0.05) is 18.9 Å². The molecule has 0 N–H and O–H groups in total. The standard InChI is InChI=1S/C7H13N2/c1-2-3-5-9-6-4-8-7-9/h4,6H,2-3,5,7H2,1H3. The average Bonchev–Trinajstić information content (AvgIpc) is 2.34. The van der Waals surface area contributed by atoms with E-state index < -0.39 is 0 Å². The molecule has 2 nitrogen and oxygen atoms in total. The van der Waals surface area contributed by atoms with Crippen LogP contribution in [0.3, 0.4) is 0 Å². The maximum atomic E-state index is 4.06. The van der Waals surface area contributed by atoms with E-state index in [0.29, 0.717) is 0 Å². The smallest absolute Gasteiger partial charge is 0.109 e. The first kappa shape index (κ1) is 6.46. The molecule has 1 rings (SSSR count). The van der Waals surface area contributed by atoms with E-state index in [2.05, 4.69) is 23.3 Å². The Morgan fingerprint density at radius 3 is 3.11 bits per heavy atom. The van der Waals surface area contributed by atoms with Crippen LogP contribution in [0.5, 0.6) is 0 Å². The van der Waals surface area contributed by atoms with Crippen LogP contribution in [0.15, 0.2) is 12.4 Å². The molecule has 1 aliphatic heterocycles. The van der Waals surface area contributed by atoms with Gasteiger partial charge in [-0.3, -0.25) is 5.32 Å². The molecule has 1 aliphatic rings. The van der Waals surface area contributed by atoms with Gasteiger partial charge in [0.1, 0.15) is 6.67 Å². The molecule has 0 fully saturated rings. The van der Waals surface area contributed by atoms with Gasteiger partial charge in [0.2, 0.25) is 0 Å². The van der Waals surface area contributed by atoms with Gasteiger partial charge in [-0.15, -0.1) is 0 Å². The van der Waals surface area contributed by atoms with Crippen molar-refractivity contribution < 1.29 is 0 Å². The minimum Gasteiger partial charge on any atom is -0.357 e. The van der Waals surface area contributed by atoms with Crippen LogP contribution < -0.4 is 5.32 Å². The molecule has 0 aromatic carbocycles. The molecule has 0 atom stereocenters. The Morgan fingerprint density at radius 1 is 1.67 bits per heavy atom. The summed E-state index contributed by atoms with van der Waals surface area (Å²) in [5.74, 6) is 0. The van der Waals surface area contributed by atoms with Crippen molar-refractivity contribution in [3.8, 4) is 0 Å². The lowest BCUT2D eigenvalue weighted by molar-refractivity contribution is 0.380. The van der Waals surface area contributed by atoms with Crippen molar-refractivity contribution in [2.45, 2.75) is 19.8 Å². The van der Waals surface area contributed by atoms with Crippen LogP contribution in [-0.4, -0.2) is 18.1 Å². The second kappa shape index (κ2) is 3.38. The highest BCUT2D eigenvalue weighted by atomic mass is 15.2. The quantitative estimate of drug-likeness (QED) is 0.552. The first-order valence-electron chi connectivity index (χ1n) is 3.51. The zero-order chi connectivity index (χ0) is 6.53. The van der Waals surface area contributed by atoms with E-state index in [0.717, 1.165) is 13.2 Å². The fraction of sp³-hybridized carbons (Fsp3) is 0.714. The fourth-order valence-corrected chi connectivity index (χ4v) is 0.847. The van der Waals surface area contributed by atoms with E-state index in [1.807, 2.05) is 6.20 Å². The van der Waals surface area contributed by atoms with Crippen LogP contribution in [0.4, 0.5) is 0 Å². The lowest BCUT2D eigenvalue weighted by Crippen LogP contribution is -2.18. The van der Waals surface area contributed by atoms with Crippen LogP contribution in [0.2, 0.25) is 0 Å². The van der Waals surface area contributed by atoms with Crippen LogP contribution in [0.1, 0.15) is 19.8 Å². The molecule has 0 amide bonds. The summed E-state index contributed by atoms with van der Waals surface area (Å²) in [5.41, 5.74) is 0. The largest absolute Gasteiger partial charge is 0.357 e. The van der Waals surface area contributed by atoms with Crippen molar-refractivity contribution in [2.75, 3.05) is 13.2 Å². The minimum atomic E-state index is 0.875. The summed E-state index contributed by atoms with van der Waals surface area (Å²) in [7, 11) is 0. The molecule has 0 aromatic heterocycles. The van der Waals surface area contributed by atoms with Gasteiger partial charge in [0.05, 0.1) is 0 Å². The summed E-state index contributed by atoms with van der Waals surface area (Å²) in [6.07, 6.45) is 6.47. The molecule has 0 unspecified atom stereocenters. The Bertz CT molecular complexity index is 99.1. The van der Waals surface area contributed by atoms with Crippen molar-refractivity contribution in [3.63, 3.8) is 0 Å². The van der Waals surface area contributed by atoms with E-state index in [1.54, 1.807) is 0 Å². The SMILES string of the molecule is CCCCN1C=C[N]C1. The molecule has 1 heterocycles. The van der Waals surface area contributed by atoms with E-state index >= 15 is 0 Å². The maximum Gasteiger partial charge on any atom is 0.109 e. The normalized spacial score (nSPS) is 16.3. The highest BCUT2D eigenvalue weighted by Gasteiger charge is 2.01. The van der Waals surface area contributed by atoms with Gasteiger partial charge in [0.25, 0.3) is 0 Å². The van der Waals surface area contributed by atoms with E-state index in [1.165, 1.54) is 12.8 Å². The van der Waals surface area contributed by atoms with E-state index in [4.69, 9.17) is 0 Å². The highest BCUT2D eigenvalue weighted by molar-refractivity contribution is 4.86. The molecule has 0 saturated heterocycles. The predicted octanol–water partition coefficient (Wildman–Crippen LogP) is 1.14. The van der Waals surface area contributed by atoms with Gasteiger partial charge >= 0.3 is 0 Å². The third kappa shape index (κ3) is 1.96. The summed E-state index contributed by atoms with van der Waals surface area (Å²) in [5, 5.41) is 4.06. The van der Waals surface area contributed by atoms with Gasteiger partial charge < -0.3 is 4.90 Å². The molecule has 2 heteroatoms. The maximum absolute atomic E-state index is 4.06. The van der Waals surface area contributed by atoms with Crippen molar-refractivity contribution in [3.05, 3.63) is 12.4 Å². The fourth-order valence-electron chi connectivity index (χ4n) is 0.847. The van der Waals surface area contributed by atoms with Gasteiger partial charge in [-0.05, 0) is 6.42 Å². The number of nitrogens with zero attached hydrogens (tertiary/aromatic N) is 2. The summed E-state index contributed by atoms with van der Waals surface area (Å²) < 4.78 is 0. The summed E-state index contributed by atoms with van der Waals surface area (Å²) in [4.78, 5) is 2.23. The predicted molar refractivity (Wildman–Crippen MR) is 37.8 cm³/mol. The second-order valence-electron chi connectivity index (χ2n) is 2.29. The number of hydrogen-bond acceptors (Lipinski definition) is 1. The first-order chi connectivity index (χ1) is 4.43. The molecule has 9 heavy (non-hydrogen) atoms. The van der Waals surface area contributed by atoms with Gasteiger partial charge in [-0.1, -0.05) is 13.3 Å². The first-order valence-corrected chi connectivity index (χ1v) is 3.51. The van der Waals surface area contributed by atoms with Gasteiger partial charge in [-0.25, -0.2) is 0 Å². The third-order valence-corrected chi connectivity index (χ3v) is 1.45. The molecular weight excluding hydrogens is 112 g/mol. The Labute approximate surface area is 56.5 Å². The number of hydrogen-bond donors (Lipinski definition) is 0. The van der Waals surface area contributed by atoms with Crippen molar-refractivity contribution >= 4 is 0 Å². The monoisotopic (exact) mass is 125 g/mol. The van der Waals surface area contributed by atoms with Gasteiger partial charge in [0.15, 0.2) is 0 Å². The molecule has 1 radical (unpaired) electrons.